The molecule has 0 bridgehead atoms. The third kappa shape index (κ3) is 4.66. The van der Waals surface area contributed by atoms with Crippen LogP contribution in [-0.2, 0) is 12.6 Å². The second kappa shape index (κ2) is 7.60. The minimum Gasteiger partial charge on any atom is -0.209 e. The van der Waals surface area contributed by atoms with Gasteiger partial charge in [-0.05, 0) is 36.1 Å². The monoisotopic (exact) mass is 340 g/mol. The van der Waals surface area contributed by atoms with E-state index in [0.717, 1.165) is 17.7 Å². The predicted octanol–water partition coefficient (Wildman–Crippen LogP) is 6.70. The molecule has 2 aromatic rings. The number of hydrogen-bond acceptors (Lipinski definition) is 0. The third-order valence-electron chi connectivity index (χ3n) is 3.60. The van der Waals surface area contributed by atoms with E-state index in [1.807, 2.05) is 0 Å². The number of allylic oxidation sites excluding steroid dienone is 1. The van der Waals surface area contributed by atoms with Gasteiger partial charge in [0.25, 0.3) is 0 Å². The normalized spacial score (nSPS) is 12.9. The van der Waals surface area contributed by atoms with E-state index < -0.39 is 23.4 Å². The van der Waals surface area contributed by atoms with Gasteiger partial charge in [0.2, 0.25) is 0 Å². The van der Waals surface area contributed by atoms with E-state index in [1.165, 1.54) is 24.3 Å². The second-order valence-corrected chi connectivity index (χ2v) is 5.54. The summed E-state index contributed by atoms with van der Waals surface area (Å²) in [5.74, 6) is -1.63. The van der Waals surface area contributed by atoms with Crippen LogP contribution in [0.25, 0.3) is 5.83 Å². The molecule has 0 amide bonds. The molecule has 2 aromatic carbocycles. The summed E-state index contributed by atoms with van der Waals surface area (Å²) in [6.07, 6.45) is -3.36. The molecule has 2 rings (SSSR count). The average Bonchev–Trinajstić information content (AvgIpc) is 2.55. The minimum atomic E-state index is -4.35. The second-order valence-electron chi connectivity index (χ2n) is 5.54. The van der Waals surface area contributed by atoms with Crippen LogP contribution in [0, 0.1) is 0 Å². The van der Waals surface area contributed by atoms with Gasteiger partial charge in [0, 0.05) is 12.0 Å². The Morgan fingerprint density at radius 3 is 1.79 bits per heavy atom. The van der Waals surface area contributed by atoms with Gasteiger partial charge in [-0.25, -0.2) is 8.78 Å². The van der Waals surface area contributed by atoms with Gasteiger partial charge in [0.1, 0.15) is 5.83 Å². The number of alkyl halides is 3. The van der Waals surface area contributed by atoms with Gasteiger partial charge in [-0.1, -0.05) is 43.3 Å². The molecule has 0 nitrogen and oxygen atoms in total. The average molecular weight is 340 g/mol. The summed E-state index contributed by atoms with van der Waals surface area (Å²) in [7, 11) is 0. The Morgan fingerprint density at radius 2 is 1.33 bits per heavy atom. The molecule has 0 spiro atoms. The lowest BCUT2D eigenvalue weighted by atomic mass is 10.0. The SMILES string of the molecule is CCCC(F)=C(F)c1ccc(Cc2ccc(C(F)(F)F)cc2)cc1. The first-order valence-corrected chi connectivity index (χ1v) is 7.61. The molecule has 24 heavy (non-hydrogen) atoms. The summed E-state index contributed by atoms with van der Waals surface area (Å²) in [5.41, 5.74) is 0.989. The van der Waals surface area contributed by atoms with Crippen molar-refractivity contribution in [1.29, 1.82) is 0 Å². The molecule has 5 heteroatoms. The van der Waals surface area contributed by atoms with Gasteiger partial charge in [0.15, 0.2) is 5.83 Å². The first kappa shape index (κ1) is 18.2. The third-order valence-corrected chi connectivity index (χ3v) is 3.60. The van der Waals surface area contributed by atoms with Crippen molar-refractivity contribution in [3.8, 4) is 0 Å². The fourth-order valence-electron chi connectivity index (χ4n) is 2.30. The lowest BCUT2D eigenvalue weighted by molar-refractivity contribution is -0.137. The molecular formula is C19H17F5. The van der Waals surface area contributed by atoms with Crippen molar-refractivity contribution < 1.29 is 22.0 Å². The smallest absolute Gasteiger partial charge is 0.209 e. The quantitative estimate of drug-likeness (QED) is 0.531. The summed E-state index contributed by atoms with van der Waals surface area (Å²) in [6, 6.07) is 11.1. The lowest BCUT2D eigenvalue weighted by Gasteiger charge is -2.08. The van der Waals surface area contributed by atoms with Crippen LogP contribution in [0.4, 0.5) is 22.0 Å². The van der Waals surface area contributed by atoms with E-state index in [9.17, 15) is 22.0 Å². The summed E-state index contributed by atoms with van der Waals surface area (Å²) in [5, 5.41) is 0. The van der Waals surface area contributed by atoms with Crippen LogP contribution >= 0.6 is 0 Å². The van der Waals surface area contributed by atoms with E-state index in [1.54, 1.807) is 19.1 Å². The molecule has 0 unspecified atom stereocenters. The van der Waals surface area contributed by atoms with Gasteiger partial charge in [-0.15, -0.1) is 0 Å². The molecule has 0 saturated heterocycles. The van der Waals surface area contributed by atoms with Crippen molar-refractivity contribution in [3.05, 3.63) is 76.6 Å². The van der Waals surface area contributed by atoms with Crippen molar-refractivity contribution in [3.63, 3.8) is 0 Å². The van der Waals surface area contributed by atoms with E-state index in [4.69, 9.17) is 0 Å². The molecule has 0 fully saturated rings. The fourth-order valence-corrected chi connectivity index (χ4v) is 2.30. The summed E-state index contributed by atoms with van der Waals surface area (Å²) >= 11 is 0. The maximum absolute atomic E-state index is 13.8. The molecule has 0 saturated carbocycles. The van der Waals surface area contributed by atoms with Crippen LogP contribution in [0.15, 0.2) is 54.4 Å². The Balaban J connectivity index is 2.10. The van der Waals surface area contributed by atoms with Gasteiger partial charge in [-0.3, -0.25) is 0 Å². The van der Waals surface area contributed by atoms with Crippen molar-refractivity contribution in [2.24, 2.45) is 0 Å². The van der Waals surface area contributed by atoms with Crippen LogP contribution in [0.2, 0.25) is 0 Å². The highest BCUT2D eigenvalue weighted by molar-refractivity contribution is 5.61. The number of rotatable bonds is 5. The van der Waals surface area contributed by atoms with E-state index in [0.29, 0.717) is 18.4 Å². The highest BCUT2D eigenvalue weighted by Gasteiger charge is 2.29. The van der Waals surface area contributed by atoms with E-state index in [2.05, 4.69) is 0 Å². The van der Waals surface area contributed by atoms with Gasteiger partial charge in [0.05, 0.1) is 5.56 Å². The molecule has 0 N–H and O–H groups in total. The predicted molar refractivity (Wildman–Crippen MR) is 84.7 cm³/mol. The van der Waals surface area contributed by atoms with E-state index >= 15 is 0 Å². The number of halogens is 5. The van der Waals surface area contributed by atoms with Crippen LogP contribution in [-0.4, -0.2) is 0 Å². The fraction of sp³-hybridized carbons (Fsp3) is 0.263. The molecular weight excluding hydrogens is 323 g/mol. The molecule has 0 aliphatic rings. The van der Waals surface area contributed by atoms with Crippen molar-refractivity contribution in [2.45, 2.75) is 32.4 Å². The highest BCUT2D eigenvalue weighted by atomic mass is 19.4. The van der Waals surface area contributed by atoms with Crippen molar-refractivity contribution >= 4 is 5.83 Å². The zero-order valence-corrected chi connectivity index (χ0v) is 13.1. The Bertz CT molecular complexity index is 694. The molecule has 0 aliphatic carbocycles. The van der Waals surface area contributed by atoms with Crippen LogP contribution < -0.4 is 0 Å². The Labute approximate surface area is 137 Å². The van der Waals surface area contributed by atoms with Crippen LogP contribution in [0.5, 0.6) is 0 Å². The Kier molecular flexibility index (Phi) is 5.75. The Morgan fingerprint density at radius 1 is 0.833 bits per heavy atom. The summed E-state index contributed by atoms with van der Waals surface area (Å²) < 4.78 is 64.9. The summed E-state index contributed by atoms with van der Waals surface area (Å²) in [6.45, 7) is 1.76. The number of benzene rings is 2. The van der Waals surface area contributed by atoms with E-state index in [-0.39, 0.29) is 12.0 Å². The van der Waals surface area contributed by atoms with Crippen molar-refractivity contribution in [2.75, 3.05) is 0 Å². The van der Waals surface area contributed by atoms with Gasteiger partial charge < -0.3 is 0 Å². The standard InChI is InChI=1S/C19H17F5/c1-2-3-17(20)18(21)15-8-4-13(5-9-15)12-14-6-10-16(11-7-14)19(22,23)24/h4-11H,2-3,12H2,1H3. The molecule has 0 radical (unpaired) electrons. The zero-order chi connectivity index (χ0) is 17.7. The van der Waals surface area contributed by atoms with Crippen LogP contribution in [0.3, 0.4) is 0 Å². The van der Waals surface area contributed by atoms with Gasteiger partial charge >= 0.3 is 6.18 Å². The topological polar surface area (TPSA) is 0 Å². The zero-order valence-electron chi connectivity index (χ0n) is 13.1. The van der Waals surface area contributed by atoms with Gasteiger partial charge in [-0.2, -0.15) is 13.2 Å². The Hall–Kier alpha value is -2.17. The highest BCUT2D eigenvalue weighted by Crippen LogP contribution is 2.29. The molecule has 0 aromatic heterocycles. The first-order chi connectivity index (χ1) is 11.3. The lowest BCUT2D eigenvalue weighted by Crippen LogP contribution is -2.04. The maximum atomic E-state index is 13.8. The van der Waals surface area contributed by atoms with Crippen LogP contribution in [0.1, 0.15) is 42.0 Å². The van der Waals surface area contributed by atoms with Crippen molar-refractivity contribution in [1.82, 2.24) is 0 Å². The maximum Gasteiger partial charge on any atom is 0.416 e. The molecule has 128 valence electrons. The number of hydrogen-bond donors (Lipinski definition) is 0. The largest absolute Gasteiger partial charge is 0.416 e. The molecule has 0 heterocycles. The summed E-state index contributed by atoms with van der Waals surface area (Å²) in [4.78, 5) is 0. The molecule has 0 atom stereocenters. The molecule has 0 aliphatic heterocycles. The minimum absolute atomic E-state index is 0.0547. The first-order valence-electron chi connectivity index (χ1n) is 7.61.